The summed E-state index contributed by atoms with van der Waals surface area (Å²) in [4.78, 5) is 10.7. The Kier molecular flexibility index (Phi) is 5.15. The van der Waals surface area contributed by atoms with Crippen molar-refractivity contribution < 1.29 is 13.3 Å². The van der Waals surface area contributed by atoms with Crippen molar-refractivity contribution in [2.45, 2.75) is 9.79 Å². The minimum absolute atomic E-state index is 0.152. The lowest BCUT2D eigenvalue weighted by atomic mass is 10.3. The second kappa shape index (κ2) is 6.69. The van der Waals surface area contributed by atoms with Crippen molar-refractivity contribution in [3.8, 4) is 0 Å². The molecule has 0 N–H and O–H groups in total. The van der Waals surface area contributed by atoms with Gasteiger partial charge in [0.05, 0.1) is 14.7 Å². The Hall–Kier alpha value is -1.22. The van der Waals surface area contributed by atoms with Gasteiger partial charge in [0.2, 0.25) is 8.87 Å². The van der Waals surface area contributed by atoms with E-state index in [1.54, 1.807) is 18.2 Å². The summed E-state index contributed by atoms with van der Waals surface area (Å²) in [5.41, 5.74) is -0.219. The van der Waals surface area contributed by atoms with Crippen LogP contribution in [0.4, 0.5) is 5.69 Å². The molecule has 0 fully saturated rings. The van der Waals surface area contributed by atoms with E-state index in [1.807, 2.05) is 0 Å². The second-order valence-corrected chi connectivity index (χ2v) is 9.80. The average molecular weight is 362 g/mol. The van der Waals surface area contributed by atoms with Crippen molar-refractivity contribution in [3.63, 3.8) is 0 Å². The summed E-state index contributed by atoms with van der Waals surface area (Å²) in [6.07, 6.45) is 0. The van der Waals surface area contributed by atoms with Crippen LogP contribution in [0.15, 0.2) is 58.3 Å². The van der Waals surface area contributed by atoms with E-state index in [1.165, 1.54) is 30.3 Å². The minimum Gasteiger partial charge on any atom is -0.258 e. The van der Waals surface area contributed by atoms with Gasteiger partial charge in [-0.1, -0.05) is 29.8 Å². The van der Waals surface area contributed by atoms with Gasteiger partial charge in [0.15, 0.2) is 0 Å². The summed E-state index contributed by atoms with van der Waals surface area (Å²) < 4.78 is 24.2. The highest BCUT2D eigenvalue weighted by molar-refractivity contribution is 9.06. The zero-order valence-electron chi connectivity index (χ0n) is 10.3. The third-order valence-electron chi connectivity index (χ3n) is 2.36. The Morgan fingerprint density at radius 3 is 2.38 bits per heavy atom. The second-order valence-electron chi connectivity index (χ2n) is 3.79. The number of halogens is 1. The largest absolute Gasteiger partial charge is 0.285 e. The van der Waals surface area contributed by atoms with E-state index in [-0.39, 0.29) is 20.5 Å². The molecule has 0 aliphatic carbocycles. The Bertz CT molecular complexity index is 765. The zero-order valence-corrected chi connectivity index (χ0v) is 13.5. The van der Waals surface area contributed by atoms with Crippen LogP contribution in [0, 0.1) is 10.1 Å². The fraction of sp³-hybridized carbons (Fsp3) is 0. The van der Waals surface area contributed by atoms with Crippen molar-refractivity contribution in [2.75, 3.05) is 0 Å². The van der Waals surface area contributed by atoms with Crippen molar-refractivity contribution in [1.82, 2.24) is 0 Å². The predicted molar refractivity (Wildman–Crippen MR) is 85.2 cm³/mol. The highest BCUT2D eigenvalue weighted by atomic mass is 35.5. The van der Waals surface area contributed by atoms with E-state index in [2.05, 4.69) is 0 Å². The summed E-state index contributed by atoms with van der Waals surface area (Å²) in [5, 5.41) is 11.2. The SMILES string of the molecule is O=[N+]([O-])c1cc(Cl)ccc1SSS(=O)(=O)c1ccccc1. The van der Waals surface area contributed by atoms with E-state index in [0.29, 0.717) is 9.83 Å². The first kappa shape index (κ1) is 16.2. The minimum atomic E-state index is -3.59. The van der Waals surface area contributed by atoms with Crippen molar-refractivity contribution in [1.29, 1.82) is 0 Å². The van der Waals surface area contributed by atoms with Crippen LogP contribution >= 0.6 is 32.2 Å². The maximum Gasteiger partial charge on any atom is 0.285 e. The smallest absolute Gasteiger partial charge is 0.258 e. The van der Waals surface area contributed by atoms with Crippen molar-refractivity contribution in [2.24, 2.45) is 0 Å². The Labute approximate surface area is 133 Å². The molecule has 110 valence electrons. The van der Waals surface area contributed by atoms with E-state index >= 15 is 0 Å². The monoisotopic (exact) mass is 361 g/mol. The molecule has 0 saturated heterocycles. The average Bonchev–Trinajstić information content (AvgIpc) is 2.47. The molecule has 5 nitrogen and oxygen atoms in total. The maximum atomic E-state index is 12.1. The molecule has 0 heterocycles. The first-order chi connectivity index (χ1) is 9.90. The van der Waals surface area contributed by atoms with Gasteiger partial charge in [0.25, 0.3) is 5.69 Å². The number of benzene rings is 2. The van der Waals surface area contributed by atoms with Crippen LogP contribution in [0.3, 0.4) is 0 Å². The van der Waals surface area contributed by atoms with Crippen LogP contribution in [-0.4, -0.2) is 13.3 Å². The lowest BCUT2D eigenvalue weighted by Gasteiger charge is -2.04. The van der Waals surface area contributed by atoms with Gasteiger partial charge in [-0.2, -0.15) is 0 Å². The van der Waals surface area contributed by atoms with E-state index in [4.69, 9.17) is 11.6 Å². The fourth-order valence-corrected chi connectivity index (χ4v) is 6.31. The summed E-state index contributed by atoms with van der Waals surface area (Å²) in [6.45, 7) is 0. The Balaban J connectivity index is 2.23. The third kappa shape index (κ3) is 4.13. The molecular weight excluding hydrogens is 354 g/mol. The summed E-state index contributed by atoms with van der Waals surface area (Å²) in [7, 11) is -2.21. The van der Waals surface area contributed by atoms with E-state index in [0.717, 1.165) is 10.8 Å². The Morgan fingerprint density at radius 1 is 1.10 bits per heavy atom. The lowest BCUT2D eigenvalue weighted by molar-refractivity contribution is -0.387. The Morgan fingerprint density at radius 2 is 1.76 bits per heavy atom. The number of nitro groups is 1. The number of hydrogen-bond donors (Lipinski definition) is 0. The predicted octanol–water partition coefficient (Wildman–Crippen LogP) is 4.38. The molecule has 21 heavy (non-hydrogen) atoms. The molecule has 2 rings (SSSR count). The molecular formula is C12H8ClNO4S3. The molecule has 0 spiro atoms. The maximum absolute atomic E-state index is 12.1. The van der Waals surface area contributed by atoms with Gasteiger partial charge in [0.1, 0.15) is 0 Å². The molecule has 0 aliphatic rings. The standard InChI is InChI=1S/C12H8ClNO4S3/c13-9-6-7-12(11(8-9)14(15)16)19-20-21(17,18)10-4-2-1-3-5-10/h1-8H. The summed E-state index contributed by atoms with van der Waals surface area (Å²) in [5.74, 6) is 0. The molecule has 0 saturated carbocycles. The van der Waals surface area contributed by atoms with Gasteiger partial charge in [-0.15, -0.1) is 0 Å². The molecule has 0 radical (unpaired) electrons. The van der Waals surface area contributed by atoms with Gasteiger partial charge in [-0.3, -0.25) is 10.1 Å². The van der Waals surface area contributed by atoms with Gasteiger partial charge < -0.3 is 0 Å². The third-order valence-corrected chi connectivity index (χ3v) is 8.30. The van der Waals surface area contributed by atoms with Crippen molar-refractivity contribution in [3.05, 3.63) is 63.7 Å². The van der Waals surface area contributed by atoms with E-state index < -0.39 is 13.8 Å². The summed E-state index contributed by atoms with van der Waals surface area (Å²) >= 11 is 5.71. The van der Waals surface area contributed by atoms with Gasteiger partial charge >= 0.3 is 0 Å². The normalized spacial score (nSPS) is 11.3. The summed E-state index contributed by atoms with van der Waals surface area (Å²) in [6, 6.07) is 12.0. The first-order valence-corrected chi connectivity index (χ1v) is 10.0. The highest BCUT2D eigenvalue weighted by Crippen LogP contribution is 2.43. The molecule has 0 aliphatic heterocycles. The molecule has 0 bridgehead atoms. The van der Waals surface area contributed by atoms with Crippen molar-refractivity contribution >= 4 is 46.8 Å². The number of rotatable bonds is 5. The molecule has 0 atom stereocenters. The quantitative estimate of drug-likeness (QED) is 0.447. The van der Waals surface area contributed by atoms with Crippen LogP contribution in [-0.2, 0) is 8.87 Å². The molecule has 2 aromatic rings. The topological polar surface area (TPSA) is 77.3 Å². The van der Waals surface area contributed by atoms with Crippen LogP contribution in [0.1, 0.15) is 0 Å². The molecule has 0 aromatic heterocycles. The zero-order chi connectivity index (χ0) is 15.5. The first-order valence-electron chi connectivity index (χ1n) is 5.50. The fourth-order valence-electron chi connectivity index (χ4n) is 1.41. The van der Waals surface area contributed by atoms with Crippen LogP contribution in [0.5, 0.6) is 0 Å². The van der Waals surface area contributed by atoms with Gasteiger partial charge in [0, 0.05) is 20.9 Å². The van der Waals surface area contributed by atoms with Gasteiger partial charge in [-0.05, 0) is 35.1 Å². The van der Waals surface area contributed by atoms with Crippen LogP contribution < -0.4 is 0 Å². The molecule has 0 amide bonds. The molecule has 0 unspecified atom stereocenters. The molecule has 9 heteroatoms. The number of nitro benzene ring substituents is 1. The van der Waals surface area contributed by atoms with Gasteiger partial charge in [-0.25, -0.2) is 8.42 Å². The number of nitrogens with zero attached hydrogens (tertiary/aromatic N) is 1. The lowest BCUT2D eigenvalue weighted by Crippen LogP contribution is -1.93. The van der Waals surface area contributed by atoms with Crippen LogP contribution in [0.2, 0.25) is 5.02 Å². The van der Waals surface area contributed by atoms with Crippen LogP contribution in [0.25, 0.3) is 0 Å². The number of hydrogen-bond acceptors (Lipinski definition) is 6. The van der Waals surface area contributed by atoms with E-state index in [9.17, 15) is 18.5 Å². The highest BCUT2D eigenvalue weighted by Gasteiger charge is 2.20. The molecule has 2 aromatic carbocycles.